The van der Waals surface area contributed by atoms with E-state index in [9.17, 15) is 9.59 Å². The molecule has 2 amide bonds. The fourth-order valence-corrected chi connectivity index (χ4v) is 4.42. The number of urea groups is 1. The van der Waals surface area contributed by atoms with Crippen LogP contribution in [0.5, 0.6) is 0 Å². The second-order valence-electron chi connectivity index (χ2n) is 7.88. The smallest absolute Gasteiger partial charge is 0.324 e. The number of hydrogen-bond donors (Lipinski definition) is 2. The summed E-state index contributed by atoms with van der Waals surface area (Å²) in [5.74, 6) is 0. The highest BCUT2D eigenvalue weighted by Crippen LogP contribution is 2.29. The first-order valence-corrected chi connectivity index (χ1v) is 10.6. The van der Waals surface area contributed by atoms with Crippen molar-refractivity contribution in [2.45, 2.75) is 18.9 Å². The van der Waals surface area contributed by atoms with Gasteiger partial charge in [0.05, 0.1) is 16.7 Å². The maximum Gasteiger partial charge on any atom is 0.326 e. The molecule has 0 atom stereocenters. The SMILES string of the molecule is O=C(Nc1ccccc1-c1ccccc1)N1CCC(n2c(=O)[nH]c3ccccc32)CC1. The molecule has 2 heterocycles. The van der Waals surface area contributed by atoms with Crippen molar-refractivity contribution in [3.8, 4) is 11.1 Å². The van der Waals surface area contributed by atoms with Gasteiger partial charge in [0.1, 0.15) is 0 Å². The molecule has 6 heteroatoms. The molecule has 1 aromatic heterocycles. The van der Waals surface area contributed by atoms with Crippen LogP contribution < -0.4 is 11.0 Å². The summed E-state index contributed by atoms with van der Waals surface area (Å²) < 4.78 is 1.84. The molecule has 0 aliphatic carbocycles. The predicted octanol–water partition coefficient (Wildman–Crippen LogP) is 4.87. The molecule has 5 rings (SSSR count). The molecule has 0 unspecified atom stereocenters. The van der Waals surface area contributed by atoms with Crippen molar-refractivity contribution < 1.29 is 4.79 Å². The Bertz CT molecular complexity index is 1270. The first-order valence-electron chi connectivity index (χ1n) is 10.6. The molecule has 0 spiro atoms. The van der Waals surface area contributed by atoms with E-state index in [-0.39, 0.29) is 17.8 Å². The van der Waals surface area contributed by atoms with Crippen LogP contribution in [0.25, 0.3) is 22.2 Å². The number of imidazole rings is 1. The molecule has 1 saturated heterocycles. The lowest BCUT2D eigenvalue weighted by Gasteiger charge is -2.32. The predicted molar refractivity (Wildman–Crippen MR) is 123 cm³/mol. The van der Waals surface area contributed by atoms with Gasteiger partial charge in [-0.2, -0.15) is 0 Å². The fraction of sp³-hybridized carbons (Fsp3) is 0.200. The number of benzene rings is 3. The summed E-state index contributed by atoms with van der Waals surface area (Å²) in [6.45, 7) is 1.21. The van der Waals surface area contributed by atoms with Gasteiger partial charge in [0, 0.05) is 24.7 Å². The van der Waals surface area contributed by atoms with Crippen LogP contribution >= 0.6 is 0 Å². The number of amides is 2. The minimum absolute atomic E-state index is 0.0825. The van der Waals surface area contributed by atoms with Crippen LogP contribution in [0.4, 0.5) is 10.5 Å². The van der Waals surface area contributed by atoms with E-state index in [1.54, 1.807) is 0 Å². The lowest BCUT2D eigenvalue weighted by atomic mass is 10.0. The van der Waals surface area contributed by atoms with Crippen LogP contribution in [0.2, 0.25) is 0 Å². The Morgan fingerprint density at radius 2 is 1.55 bits per heavy atom. The molecule has 156 valence electrons. The highest BCUT2D eigenvalue weighted by atomic mass is 16.2. The van der Waals surface area contributed by atoms with Gasteiger partial charge in [0.15, 0.2) is 0 Å². The summed E-state index contributed by atoms with van der Waals surface area (Å²) >= 11 is 0. The van der Waals surface area contributed by atoms with Crippen LogP contribution in [-0.2, 0) is 0 Å². The van der Waals surface area contributed by atoms with Gasteiger partial charge >= 0.3 is 11.7 Å². The second kappa shape index (κ2) is 8.14. The number of nitrogens with zero attached hydrogens (tertiary/aromatic N) is 2. The summed E-state index contributed by atoms with van der Waals surface area (Å²) in [4.78, 5) is 30.2. The van der Waals surface area contributed by atoms with E-state index in [1.165, 1.54) is 0 Å². The van der Waals surface area contributed by atoms with E-state index in [0.717, 1.165) is 40.7 Å². The van der Waals surface area contributed by atoms with Gasteiger partial charge in [-0.15, -0.1) is 0 Å². The minimum Gasteiger partial charge on any atom is -0.324 e. The summed E-state index contributed by atoms with van der Waals surface area (Å²) in [6, 6.07) is 25.6. The van der Waals surface area contributed by atoms with E-state index in [2.05, 4.69) is 10.3 Å². The fourth-order valence-electron chi connectivity index (χ4n) is 4.42. The second-order valence-corrected chi connectivity index (χ2v) is 7.88. The summed E-state index contributed by atoms with van der Waals surface area (Å²) in [5.41, 5.74) is 4.56. The number of aromatic nitrogens is 2. The highest BCUT2D eigenvalue weighted by Gasteiger charge is 2.26. The van der Waals surface area contributed by atoms with Crippen LogP contribution in [0.3, 0.4) is 0 Å². The zero-order chi connectivity index (χ0) is 21.2. The number of carbonyl (C=O) groups excluding carboxylic acids is 1. The number of rotatable bonds is 3. The molecule has 1 aliphatic rings. The molecule has 1 fully saturated rings. The van der Waals surface area contributed by atoms with E-state index in [4.69, 9.17) is 0 Å². The first-order chi connectivity index (χ1) is 15.2. The third-order valence-corrected chi connectivity index (χ3v) is 5.99. The Morgan fingerprint density at radius 3 is 2.35 bits per heavy atom. The van der Waals surface area contributed by atoms with Gasteiger partial charge in [-0.3, -0.25) is 4.57 Å². The first kappa shape index (κ1) is 19.2. The standard InChI is InChI=1S/C25H24N4O2/c30-24(26-21-11-5-4-10-20(21)18-8-2-1-3-9-18)28-16-14-19(15-17-28)29-23-13-7-6-12-22(23)27-25(29)31/h1-13,19H,14-17H2,(H,26,30)(H,27,31). The van der Waals surface area contributed by atoms with Crippen molar-refractivity contribution in [2.24, 2.45) is 0 Å². The van der Waals surface area contributed by atoms with Crippen LogP contribution in [0.1, 0.15) is 18.9 Å². The van der Waals surface area contributed by atoms with Crippen molar-refractivity contribution in [1.29, 1.82) is 0 Å². The number of likely N-dealkylation sites (tertiary alicyclic amines) is 1. The third-order valence-electron chi connectivity index (χ3n) is 5.99. The maximum absolute atomic E-state index is 13.0. The Labute approximate surface area is 180 Å². The van der Waals surface area contributed by atoms with Gasteiger partial charge in [-0.25, -0.2) is 9.59 Å². The number of carbonyl (C=O) groups is 1. The molecule has 31 heavy (non-hydrogen) atoms. The van der Waals surface area contributed by atoms with E-state index in [1.807, 2.05) is 88.3 Å². The van der Waals surface area contributed by atoms with Crippen LogP contribution in [0, 0.1) is 0 Å². The molecule has 4 aromatic rings. The van der Waals surface area contributed by atoms with Gasteiger partial charge < -0.3 is 15.2 Å². The monoisotopic (exact) mass is 412 g/mol. The zero-order valence-corrected chi connectivity index (χ0v) is 17.1. The Kier molecular flexibility index (Phi) is 5.04. The molecular formula is C25H24N4O2. The molecule has 0 saturated carbocycles. The van der Waals surface area contributed by atoms with Gasteiger partial charge in [0.2, 0.25) is 0 Å². The molecule has 0 bridgehead atoms. The number of nitrogens with one attached hydrogen (secondary N) is 2. The van der Waals surface area contributed by atoms with Crippen molar-refractivity contribution in [1.82, 2.24) is 14.5 Å². The number of H-pyrrole nitrogens is 1. The minimum atomic E-state index is -0.104. The largest absolute Gasteiger partial charge is 0.326 e. The number of anilines is 1. The van der Waals surface area contributed by atoms with Gasteiger partial charge in [0.25, 0.3) is 0 Å². The molecule has 0 radical (unpaired) electrons. The van der Waals surface area contributed by atoms with Crippen molar-refractivity contribution in [3.05, 3.63) is 89.3 Å². The summed E-state index contributed by atoms with van der Waals surface area (Å²) in [6.07, 6.45) is 1.49. The topological polar surface area (TPSA) is 70.1 Å². The molecule has 1 aliphatic heterocycles. The van der Waals surface area contributed by atoms with E-state index >= 15 is 0 Å². The molecule has 2 N–H and O–H groups in total. The van der Waals surface area contributed by atoms with Gasteiger partial charge in [-0.1, -0.05) is 60.7 Å². The summed E-state index contributed by atoms with van der Waals surface area (Å²) in [5, 5.41) is 3.08. The van der Waals surface area contributed by atoms with Gasteiger partial charge in [-0.05, 0) is 36.6 Å². The molecule has 6 nitrogen and oxygen atoms in total. The number of aromatic amines is 1. The average Bonchev–Trinajstić information content (AvgIpc) is 3.16. The Morgan fingerprint density at radius 1 is 0.871 bits per heavy atom. The normalized spacial score (nSPS) is 14.6. The molecular weight excluding hydrogens is 388 g/mol. The lowest BCUT2D eigenvalue weighted by Crippen LogP contribution is -2.42. The Balaban J connectivity index is 1.29. The Hall–Kier alpha value is -3.80. The van der Waals surface area contributed by atoms with Crippen LogP contribution in [0.15, 0.2) is 83.7 Å². The van der Waals surface area contributed by atoms with Crippen LogP contribution in [-0.4, -0.2) is 33.6 Å². The third kappa shape index (κ3) is 3.72. The number of piperidine rings is 1. The van der Waals surface area contributed by atoms with Crippen molar-refractivity contribution >= 4 is 22.8 Å². The van der Waals surface area contributed by atoms with Crippen molar-refractivity contribution in [2.75, 3.05) is 18.4 Å². The number of fused-ring (bicyclic) bond motifs is 1. The zero-order valence-electron chi connectivity index (χ0n) is 17.1. The number of para-hydroxylation sites is 3. The van der Waals surface area contributed by atoms with Crippen molar-refractivity contribution in [3.63, 3.8) is 0 Å². The molecule has 3 aromatic carbocycles. The summed E-state index contributed by atoms with van der Waals surface area (Å²) in [7, 11) is 0. The maximum atomic E-state index is 13.0. The highest BCUT2D eigenvalue weighted by molar-refractivity contribution is 5.94. The van der Waals surface area contributed by atoms with E-state index < -0.39 is 0 Å². The average molecular weight is 412 g/mol. The van der Waals surface area contributed by atoms with E-state index in [0.29, 0.717) is 13.1 Å². The quantitative estimate of drug-likeness (QED) is 0.504. The number of hydrogen-bond acceptors (Lipinski definition) is 2. The lowest BCUT2D eigenvalue weighted by molar-refractivity contribution is 0.184.